The highest BCUT2D eigenvalue weighted by atomic mass is 32.2. The maximum absolute atomic E-state index is 11.3. The molecule has 3 aromatic rings. The number of aryl methyl sites for hydroxylation is 1. The number of hydrogen-bond acceptors (Lipinski definition) is 5. The van der Waals surface area contributed by atoms with E-state index in [2.05, 4.69) is 9.97 Å². The normalized spacial score (nSPS) is 11.9. The van der Waals surface area contributed by atoms with Gasteiger partial charge in [0.2, 0.25) is 0 Å². The van der Waals surface area contributed by atoms with Crippen molar-refractivity contribution in [2.45, 2.75) is 11.8 Å². The van der Waals surface area contributed by atoms with Gasteiger partial charge in [-0.1, -0.05) is 0 Å². The number of fused-ring (bicyclic) bond motifs is 1. The number of aromatic amines is 1. The first kappa shape index (κ1) is 12.8. The summed E-state index contributed by atoms with van der Waals surface area (Å²) in [5.41, 5.74) is 1.55. The molecule has 0 fully saturated rings. The minimum Gasteiger partial charge on any atom is -0.744 e. The van der Waals surface area contributed by atoms with Crippen LogP contribution in [0.15, 0.2) is 45.8 Å². The Morgan fingerprint density at radius 3 is 2.75 bits per heavy atom. The Hall–Kier alpha value is -2.25. The van der Waals surface area contributed by atoms with Crippen LogP contribution in [0.1, 0.15) is 5.56 Å². The van der Waals surface area contributed by atoms with Gasteiger partial charge in [0, 0.05) is 12.1 Å². The van der Waals surface area contributed by atoms with Gasteiger partial charge < -0.3 is 8.97 Å². The molecule has 0 aliphatic heterocycles. The average molecular weight is 290 g/mol. The molecule has 6 nitrogen and oxygen atoms in total. The maximum atomic E-state index is 11.3. The number of benzene rings is 1. The van der Waals surface area contributed by atoms with E-state index in [4.69, 9.17) is 4.42 Å². The van der Waals surface area contributed by atoms with E-state index in [0.29, 0.717) is 16.8 Å². The molecule has 2 heterocycles. The molecule has 1 N–H and O–H groups in total. The summed E-state index contributed by atoms with van der Waals surface area (Å²) in [4.78, 5) is 6.76. The highest BCUT2D eigenvalue weighted by Gasteiger charge is 2.18. The second-order valence-electron chi connectivity index (χ2n) is 4.36. The van der Waals surface area contributed by atoms with E-state index in [1.807, 2.05) is 0 Å². The molecule has 0 amide bonds. The first-order chi connectivity index (χ1) is 9.45. The van der Waals surface area contributed by atoms with Gasteiger partial charge in [-0.25, -0.2) is 18.4 Å². The second-order valence-corrected chi connectivity index (χ2v) is 5.71. The molecule has 20 heavy (non-hydrogen) atoms. The molecule has 0 atom stereocenters. The van der Waals surface area contributed by atoms with Gasteiger partial charge in [0.25, 0.3) is 11.6 Å². The summed E-state index contributed by atoms with van der Waals surface area (Å²) in [5, 5.41) is 0. The van der Waals surface area contributed by atoms with E-state index < -0.39 is 10.1 Å². The van der Waals surface area contributed by atoms with Crippen molar-refractivity contribution in [2.75, 3.05) is 0 Å². The third-order valence-electron chi connectivity index (χ3n) is 2.81. The summed E-state index contributed by atoms with van der Waals surface area (Å²) < 4.78 is 39.3. The van der Waals surface area contributed by atoms with Crippen molar-refractivity contribution in [3.63, 3.8) is 0 Å². The molecule has 0 radical (unpaired) electrons. The lowest BCUT2D eigenvalue weighted by Crippen LogP contribution is -2.04. The molecule has 0 aliphatic rings. The SMILES string of the molecule is Cc1cc(S(=O)(=O)[O-])c2oc(-c3cccc[nH+]3)nc2c1. The third-order valence-corrected chi connectivity index (χ3v) is 3.65. The third kappa shape index (κ3) is 2.17. The van der Waals surface area contributed by atoms with Crippen molar-refractivity contribution < 1.29 is 22.4 Å². The Balaban J connectivity index is 2.32. The average Bonchev–Trinajstić information content (AvgIpc) is 2.81. The fourth-order valence-corrected chi connectivity index (χ4v) is 2.67. The minimum atomic E-state index is -4.61. The quantitative estimate of drug-likeness (QED) is 0.666. The zero-order valence-corrected chi connectivity index (χ0v) is 11.3. The van der Waals surface area contributed by atoms with Crippen molar-refractivity contribution in [1.29, 1.82) is 0 Å². The predicted molar refractivity (Wildman–Crippen MR) is 68.7 cm³/mol. The van der Waals surface area contributed by atoms with Crippen molar-refractivity contribution >= 4 is 21.2 Å². The largest absolute Gasteiger partial charge is 0.744 e. The molecule has 102 valence electrons. The first-order valence-electron chi connectivity index (χ1n) is 5.79. The van der Waals surface area contributed by atoms with E-state index in [9.17, 15) is 13.0 Å². The predicted octanol–water partition coefficient (Wildman–Crippen LogP) is 1.52. The minimum absolute atomic E-state index is 0.0159. The number of hydrogen-bond donors (Lipinski definition) is 0. The summed E-state index contributed by atoms with van der Waals surface area (Å²) in [6.07, 6.45) is 1.70. The number of nitrogens with zero attached hydrogens (tertiary/aromatic N) is 1. The Morgan fingerprint density at radius 1 is 1.30 bits per heavy atom. The van der Waals surface area contributed by atoms with Crippen molar-refractivity contribution in [3.8, 4) is 11.6 Å². The fraction of sp³-hybridized carbons (Fsp3) is 0.0769. The van der Waals surface area contributed by atoms with Gasteiger partial charge in [0.05, 0.1) is 4.90 Å². The monoisotopic (exact) mass is 290 g/mol. The standard InChI is InChI=1S/C13H10N2O4S/c1-8-6-10-12(11(7-8)20(16,17)18)19-13(15-10)9-4-2-3-5-14-9/h2-7H,1H3,(H,16,17,18). The highest BCUT2D eigenvalue weighted by molar-refractivity contribution is 7.86. The van der Waals surface area contributed by atoms with Gasteiger partial charge >= 0.3 is 0 Å². The van der Waals surface area contributed by atoms with Gasteiger partial charge in [-0.05, 0) is 30.7 Å². The van der Waals surface area contributed by atoms with Crippen molar-refractivity contribution in [2.24, 2.45) is 0 Å². The molecule has 7 heteroatoms. The summed E-state index contributed by atoms with van der Waals surface area (Å²) >= 11 is 0. The summed E-state index contributed by atoms with van der Waals surface area (Å²) in [6, 6.07) is 8.28. The molecular weight excluding hydrogens is 280 g/mol. The molecule has 0 saturated heterocycles. The molecule has 0 aliphatic carbocycles. The maximum Gasteiger partial charge on any atom is 0.294 e. The zero-order chi connectivity index (χ0) is 14.3. The van der Waals surface area contributed by atoms with Crippen LogP contribution in [-0.2, 0) is 10.1 Å². The summed E-state index contributed by atoms with van der Waals surface area (Å²) in [5.74, 6) is 0.233. The van der Waals surface area contributed by atoms with E-state index in [0.717, 1.165) is 0 Å². The van der Waals surface area contributed by atoms with E-state index in [-0.39, 0.29) is 16.4 Å². The molecule has 0 spiro atoms. The molecular formula is C13H10N2O4S. The van der Waals surface area contributed by atoms with Crippen LogP contribution in [0.2, 0.25) is 0 Å². The lowest BCUT2D eigenvalue weighted by molar-refractivity contribution is -0.365. The van der Waals surface area contributed by atoms with Gasteiger partial charge in [-0.15, -0.1) is 0 Å². The zero-order valence-electron chi connectivity index (χ0n) is 10.5. The summed E-state index contributed by atoms with van der Waals surface area (Å²) in [6.45, 7) is 1.69. The lowest BCUT2D eigenvalue weighted by atomic mass is 10.2. The number of rotatable bonds is 2. The molecule has 1 aromatic carbocycles. The van der Waals surface area contributed by atoms with E-state index in [1.165, 1.54) is 6.07 Å². The topological polar surface area (TPSA) is 97.4 Å². The number of oxazole rings is 1. The smallest absolute Gasteiger partial charge is 0.294 e. The Bertz CT molecular complexity index is 885. The van der Waals surface area contributed by atoms with Gasteiger partial charge in [-0.3, -0.25) is 0 Å². The van der Waals surface area contributed by atoms with Crippen LogP contribution in [0.25, 0.3) is 22.7 Å². The first-order valence-corrected chi connectivity index (χ1v) is 7.20. The van der Waals surface area contributed by atoms with Crippen LogP contribution < -0.4 is 4.98 Å². The highest BCUT2D eigenvalue weighted by Crippen LogP contribution is 2.28. The van der Waals surface area contributed by atoms with Crippen molar-refractivity contribution in [3.05, 3.63) is 42.1 Å². The van der Waals surface area contributed by atoms with Crippen LogP contribution in [-0.4, -0.2) is 18.0 Å². The number of pyridine rings is 1. The van der Waals surface area contributed by atoms with Gasteiger partial charge in [0.1, 0.15) is 15.6 Å². The fourth-order valence-electron chi connectivity index (χ4n) is 1.96. The molecule has 0 saturated carbocycles. The van der Waals surface area contributed by atoms with E-state index >= 15 is 0 Å². The van der Waals surface area contributed by atoms with Crippen LogP contribution in [0.5, 0.6) is 0 Å². The van der Waals surface area contributed by atoms with Crippen LogP contribution in [0, 0.1) is 6.92 Å². The Morgan fingerprint density at radius 2 is 2.10 bits per heavy atom. The van der Waals surface area contributed by atoms with Crippen LogP contribution >= 0.6 is 0 Å². The van der Waals surface area contributed by atoms with Crippen LogP contribution in [0.3, 0.4) is 0 Å². The lowest BCUT2D eigenvalue weighted by Gasteiger charge is -2.07. The summed E-state index contributed by atoms with van der Waals surface area (Å²) in [7, 11) is -4.61. The number of H-pyrrole nitrogens is 1. The molecule has 2 aromatic heterocycles. The molecule has 3 rings (SSSR count). The van der Waals surface area contributed by atoms with Crippen molar-refractivity contribution in [1.82, 2.24) is 4.98 Å². The Kier molecular flexibility index (Phi) is 2.81. The van der Waals surface area contributed by atoms with Gasteiger partial charge in [-0.2, -0.15) is 0 Å². The number of nitrogens with one attached hydrogen (secondary N) is 1. The number of aromatic nitrogens is 2. The molecule has 0 bridgehead atoms. The Labute approximate surface area is 114 Å². The van der Waals surface area contributed by atoms with Gasteiger partial charge in [0.15, 0.2) is 11.8 Å². The van der Waals surface area contributed by atoms with Crippen LogP contribution in [0.4, 0.5) is 0 Å². The second kappa shape index (κ2) is 4.39. The van der Waals surface area contributed by atoms with E-state index in [1.54, 1.807) is 37.4 Å². The molecule has 0 unspecified atom stereocenters.